The van der Waals surface area contributed by atoms with E-state index in [1.807, 2.05) is 24.0 Å². The SMILES string of the molecule is Cn1cnc2c(CCCOc3cc(Cl)nc(NC4(CC(=O)[O-])CC[N+](C)(C)CC4)n3)cccc21. The van der Waals surface area contributed by atoms with Gasteiger partial charge >= 0.3 is 0 Å². The minimum Gasteiger partial charge on any atom is -0.550 e. The number of carboxylic acids is 1. The Morgan fingerprint density at radius 1 is 1.29 bits per heavy atom. The molecule has 1 aliphatic rings. The van der Waals surface area contributed by atoms with E-state index < -0.39 is 11.5 Å². The molecule has 1 aliphatic heterocycles. The molecule has 182 valence electrons. The van der Waals surface area contributed by atoms with Crippen LogP contribution in [0.2, 0.25) is 5.15 Å². The minimum atomic E-state index is -1.10. The van der Waals surface area contributed by atoms with Crippen molar-refractivity contribution in [3.8, 4) is 5.88 Å². The maximum absolute atomic E-state index is 11.5. The van der Waals surface area contributed by atoms with Crippen molar-refractivity contribution >= 4 is 34.6 Å². The molecule has 2 aromatic heterocycles. The van der Waals surface area contributed by atoms with E-state index in [2.05, 4.69) is 46.5 Å². The number of piperidine rings is 1. The van der Waals surface area contributed by atoms with Crippen molar-refractivity contribution in [2.75, 3.05) is 39.1 Å². The first-order chi connectivity index (χ1) is 16.1. The molecule has 1 N–H and O–H groups in total. The van der Waals surface area contributed by atoms with Gasteiger partial charge in [0.2, 0.25) is 11.8 Å². The highest BCUT2D eigenvalue weighted by molar-refractivity contribution is 6.29. The largest absolute Gasteiger partial charge is 0.550 e. The summed E-state index contributed by atoms with van der Waals surface area (Å²) in [5.74, 6) is -0.468. The number of hydrogen-bond acceptors (Lipinski definition) is 7. The van der Waals surface area contributed by atoms with E-state index >= 15 is 0 Å². The van der Waals surface area contributed by atoms with Gasteiger partial charge in [0.05, 0.1) is 56.7 Å². The van der Waals surface area contributed by atoms with Crippen LogP contribution in [0.3, 0.4) is 0 Å². The van der Waals surface area contributed by atoms with Crippen LogP contribution >= 0.6 is 11.6 Å². The molecule has 10 heteroatoms. The average molecular weight is 487 g/mol. The molecule has 1 fully saturated rings. The number of rotatable bonds is 9. The number of carboxylic acid groups (broad SMARTS) is 1. The molecule has 34 heavy (non-hydrogen) atoms. The molecule has 1 aromatic carbocycles. The number of nitrogens with zero attached hydrogens (tertiary/aromatic N) is 5. The fourth-order valence-corrected chi connectivity index (χ4v) is 4.69. The summed E-state index contributed by atoms with van der Waals surface area (Å²) in [4.78, 5) is 24.7. The van der Waals surface area contributed by atoms with E-state index in [-0.39, 0.29) is 17.5 Å². The third kappa shape index (κ3) is 5.77. The van der Waals surface area contributed by atoms with Crippen LogP contribution in [0.1, 0.15) is 31.2 Å². The second-order valence-electron chi connectivity index (χ2n) is 9.78. The summed E-state index contributed by atoms with van der Waals surface area (Å²) in [6.45, 7) is 2.13. The van der Waals surface area contributed by atoms with Crippen molar-refractivity contribution in [3.05, 3.63) is 41.3 Å². The number of carbonyl (C=O) groups is 1. The molecule has 0 amide bonds. The average Bonchev–Trinajstić information content (AvgIpc) is 3.14. The van der Waals surface area contributed by atoms with Gasteiger partial charge in [-0.15, -0.1) is 0 Å². The van der Waals surface area contributed by atoms with Gasteiger partial charge in [-0.1, -0.05) is 23.7 Å². The quantitative estimate of drug-likeness (QED) is 0.281. The second kappa shape index (κ2) is 9.76. The molecule has 3 heterocycles. The standard InChI is InChI=1S/C24H31ClN6O3/c1-30-16-26-22-17(6-4-8-18(22)30)7-5-13-34-20-14-19(25)27-23(28-20)29-24(15-21(32)33)9-11-31(2,3)12-10-24/h4,6,8,14,16H,5,7,9-13,15H2,1-3H3,(H-,27,28,29,32,33). The maximum atomic E-state index is 11.5. The lowest BCUT2D eigenvalue weighted by Crippen LogP contribution is -2.57. The molecule has 1 saturated heterocycles. The first-order valence-corrected chi connectivity index (χ1v) is 11.9. The summed E-state index contributed by atoms with van der Waals surface area (Å²) in [5, 5.41) is 15.0. The minimum absolute atomic E-state index is 0.113. The molecule has 3 aromatic rings. The summed E-state index contributed by atoms with van der Waals surface area (Å²) < 4.78 is 8.72. The molecule has 9 nitrogen and oxygen atoms in total. The molecular formula is C24H31ClN6O3. The molecule has 0 spiro atoms. The number of nitrogens with one attached hydrogen (secondary N) is 1. The van der Waals surface area contributed by atoms with Crippen LogP contribution in [0.4, 0.5) is 5.95 Å². The maximum Gasteiger partial charge on any atom is 0.227 e. The number of imidazole rings is 1. The van der Waals surface area contributed by atoms with Gasteiger partial charge in [-0.05, 0) is 24.5 Å². The molecule has 4 rings (SSSR count). The fraction of sp³-hybridized carbons (Fsp3) is 0.500. The Balaban J connectivity index is 1.39. The van der Waals surface area contributed by atoms with Crippen LogP contribution in [0.15, 0.2) is 30.6 Å². The highest BCUT2D eigenvalue weighted by Crippen LogP contribution is 2.31. The summed E-state index contributed by atoms with van der Waals surface area (Å²) in [5.41, 5.74) is 2.62. The number of carbonyl (C=O) groups excluding carboxylic acids is 1. The normalized spacial score (nSPS) is 16.9. The van der Waals surface area contributed by atoms with Crippen LogP contribution in [0, 0.1) is 0 Å². The molecular weight excluding hydrogens is 456 g/mol. The summed E-state index contributed by atoms with van der Waals surface area (Å²) in [6.07, 6.45) is 4.64. The smallest absolute Gasteiger partial charge is 0.227 e. The number of benzene rings is 1. The summed E-state index contributed by atoms with van der Waals surface area (Å²) in [6, 6.07) is 7.74. The Labute approximate surface area is 204 Å². The molecule has 0 saturated carbocycles. The van der Waals surface area contributed by atoms with E-state index in [9.17, 15) is 9.90 Å². The molecule has 0 bridgehead atoms. The number of anilines is 1. The number of fused-ring (bicyclic) bond motifs is 1. The number of likely N-dealkylation sites (tertiary alicyclic amines) is 1. The summed E-state index contributed by atoms with van der Waals surface area (Å²) in [7, 11) is 6.26. The second-order valence-corrected chi connectivity index (χ2v) is 10.2. The van der Waals surface area contributed by atoms with E-state index in [4.69, 9.17) is 16.3 Å². The monoisotopic (exact) mass is 486 g/mol. The summed E-state index contributed by atoms with van der Waals surface area (Å²) >= 11 is 6.23. The number of para-hydroxylation sites is 1. The van der Waals surface area contributed by atoms with Gasteiger partial charge in [0, 0.05) is 38.3 Å². The van der Waals surface area contributed by atoms with Crippen molar-refractivity contribution < 1.29 is 19.1 Å². The zero-order valence-corrected chi connectivity index (χ0v) is 20.6. The lowest BCUT2D eigenvalue weighted by Gasteiger charge is -2.45. The van der Waals surface area contributed by atoms with Crippen LogP contribution < -0.4 is 15.2 Å². The van der Waals surface area contributed by atoms with Crippen LogP contribution in [-0.2, 0) is 18.3 Å². The Morgan fingerprint density at radius 2 is 2.06 bits per heavy atom. The van der Waals surface area contributed by atoms with Gasteiger partial charge in [-0.2, -0.15) is 4.98 Å². The Hall–Kier alpha value is -2.91. The fourth-order valence-electron chi connectivity index (χ4n) is 4.52. The number of ether oxygens (including phenoxy) is 1. The predicted molar refractivity (Wildman–Crippen MR) is 129 cm³/mol. The lowest BCUT2D eigenvalue weighted by atomic mass is 9.83. The molecule has 0 radical (unpaired) electrons. The van der Waals surface area contributed by atoms with E-state index in [0.717, 1.165) is 41.4 Å². The predicted octanol–water partition coefficient (Wildman–Crippen LogP) is 2.19. The van der Waals surface area contributed by atoms with Crippen molar-refractivity contribution in [1.29, 1.82) is 0 Å². The third-order valence-corrected chi connectivity index (χ3v) is 6.79. The zero-order chi connectivity index (χ0) is 24.3. The van der Waals surface area contributed by atoms with Crippen molar-refractivity contribution in [3.63, 3.8) is 0 Å². The zero-order valence-electron chi connectivity index (χ0n) is 19.9. The van der Waals surface area contributed by atoms with Gasteiger partial charge in [-0.3, -0.25) is 0 Å². The van der Waals surface area contributed by atoms with Gasteiger partial charge in [0.15, 0.2) is 0 Å². The van der Waals surface area contributed by atoms with E-state index in [0.29, 0.717) is 25.3 Å². The van der Waals surface area contributed by atoms with Crippen molar-refractivity contribution in [2.24, 2.45) is 7.05 Å². The molecule has 0 aliphatic carbocycles. The van der Waals surface area contributed by atoms with Crippen molar-refractivity contribution in [1.82, 2.24) is 19.5 Å². The first kappa shape index (κ1) is 24.2. The number of aliphatic carboxylic acids is 1. The Bertz CT molecular complexity index is 1170. The van der Waals surface area contributed by atoms with Gasteiger partial charge in [-0.25, -0.2) is 9.97 Å². The number of aryl methyl sites for hydroxylation is 2. The number of halogens is 1. The Morgan fingerprint density at radius 3 is 2.79 bits per heavy atom. The Kier molecular flexibility index (Phi) is 6.95. The first-order valence-electron chi connectivity index (χ1n) is 11.5. The van der Waals surface area contributed by atoms with Crippen LogP contribution in [-0.4, -0.2) is 69.3 Å². The van der Waals surface area contributed by atoms with Crippen molar-refractivity contribution in [2.45, 2.75) is 37.6 Å². The third-order valence-electron chi connectivity index (χ3n) is 6.60. The number of aromatic nitrogens is 4. The lowest BCUT2D eigenvalue weighted by molar-refractivity contribution is -0.896. The van der Waals surface area contributed by atoms with E-state index in [1.54, 1.807) is 6.07 Å². The topological polar surface area (TPSA) is 105 Å². The van der Waals surface area contributed by atoms with Gasteiger partial charge < -0.3 is 29.0 Å². The van der Waals surface area contributed by atoms with Gasteiger partial charge in [0.1, 0.15) is 5.15 Å². The highest BCUT2D eigenvalue weighted by Gasteiger charge is 2.39. The highest BCUT2D eigenvalue weighted by atomic mass is 35.5. The molecule has 0 unspecified atom stereocenters. The number of hydrogen-bond donors (Lipinski definition) is 1. The van der Waals surface area contributed by atoms with E-state index in [1.165, 1.54) is 5.56 Å². The van der Waals surface area contributed by atoms with Crippen LogP contribution in [0.25, 0.3) is 11.0 Å². The van der Waals surface area contributed by atoms with Crippen LogP contribution in [0.5, 0.6) is 5.88 Å². The van der Waals surface area contributed by atoms with Gasteiger partial charge in [0.25, 0.3) is 0 Å². The molecule has 0 atom stereocenters. The number of quaternary nitrogens is 1.